The predicted octanol–water partition coefficient (Wildman–Crippen LogP) is 2.21. The molecule has 1 unspecified atom stereocenters. The molecule has 3 heterocycles. The number of aliphatic hydroxyl groups excluding tert-OH is 1. The molecule has 4 rings (SSSR count). The number of nitrogens with zero attached hydrogens (tertiary/aromatic N) is 2. The third-order valence-electron chi connectivity index (χ3n) is 6.08. The van der Waals surface area contributed by atoms with Gasteiger partial charge in [-0.1, -0.05) is 0 Å². The van der Waals surface area contributed by atoms with Crippen LogP contribution in [0.3, 0.4) is 0 Å². The summed E-state index contributed by atoms with van der Waals surface area (Å²) in [6.45, 7) is 2.98. The minimum Gasteiger partial charge on any atom is -0.388 e. The monoisotopic (exact) mass is 414 g/mol. The molecule has 0 radical (unpaired) electrons. The summed E-state index contributed by atoms with van der Waals surface area (Å²) in [6, 6.07) is 4.09. The molecule has 1 aromatic carbocycles. The lowest BCUT2D eigenvalue weighted by Crippen LogP contribution is -2.55. The van der Waals surface area contributed by atoms with Gasteiger partial charge in [0.05, 0.1) is 45.7 Å². The fraction of sp³-hybridized carbons (Fsp3) is 0.500. The first-order valence-corrected chi connectivity index (χ1v) is 8.83. The molecule has 6 nitrogen and oxygen atoms in total. The molecule has 0 aromatic heterocycles. The van der Waals surface area contributed by atoms with Gasteiger partial charge in [0.15, 0.2) is 0 Å². The first-order valence-electron chi connectivity index (χ1n) is 8.39. The van der Waals surface area contributed by atoms with E-state index < -0.39 is 63.6 Å². The van der Waals surface area contributed by atoms with E-state index in [4.69, 9.17) is 21.6 Å². The standard InChI is InChI=1S/C18H14ClF3N2O4/c1-16-10-11(17(2,28-16)13(25)12(16)19)15(27)24(14(10)26)8-4-3-7(6-23)9(5-8)18(20,21)22/h3-5,10-13,25H,1-2H3/t10-,11?,12-,13+,16+,17+/m1/s1. The molecule has 1 aromatic rings. The zero-order valence-electron chi connectivity index (χ0n) is 14.6. The molecule has 0 aliphatic carbocycles. The number of halogens is 4. The topological polar surface area (TPSA) is 90.6 Å². The third kappa shape index (κ3) is 2.11. The smallest absolute Gasteiger partial charge is 0.388 e. The molecule has 3 saturated heterocycles. The largest absolute Gasteiger partial charge is 0.417 e. The lowest BCUT2D eigenvalue weighted by Gasteiger charge is -2.35. The van der Waals surface area contributed by atoms with Crippen LogP contribution >= 0.6 is 11.6 Å². The van der Waals surface area contributed by atoms with Crippen LogP contribution in [0.5, 0.6) is 0 Å². The summed E-state index contributed by atoms with van der Waals surface area (Å²) in [5, 5.41) is 18.4. The Morgan fingerprint density at radius 1 is 1.21 bits per heavy atom. The molecule has 6 atom stereocenters. The molecular formula is C18H14ClF3N2O4. The first kappa shape index (κ1) is 19.2. The van der Waals surface area contributed by atoms with Gasteiger partial charge in [0, 0.05) is 0 Å². The van der Waals surface area contributed by atoms with E-state index in [0.29, 0.717) is 11.0 Å². The highest BCUT2D eigenvalue weighted by Crippen LogP contribution is 2.62. The predicted molar refractivity (Wildman–Crippen MR) is 89.2 cm³/mol. The third-order valence-corrected chi connectivity index (χ3v) is 6.75. The number of carbonyl (C=O) groups is 2. The van der Waals surface area contributed by atoms with E-state index >= 15 is 0 Å². The number of rotatable bonds is 1. The maximum absolute atomic E-state index is 13.3. The Labute approximate surface area is 162 Å². The number of imide groups is 1. The number of aliphatic hydroxyl groups is 1. The number of carbonyl (C=O) groups excluding carboxylic acids is 2. The molecule has 3 aliphatic rings. The number of fused-ring (bicyclic) bond motifs is 5. The summed E-state index contributed by atoms with van der Waals surface area (Å²) in [5.41, 5.74) is -4.90. The quantitative estimate of drug-likeness (QED) is 0.562. The highest BCUT2D eigenvalue weighted by Gasteiger charge is 2.79. The molecule has 2 bridgehead atoms. The van der Waals surface area contributed by atoms with Gasteiger partial charge in [-0.15, -0.1) is 11.6 Å². The molecule has 0 saturated carbocycles. The number of anilines is 1. The summed E-state index contributed by atoms with van der Waals surface area (Å²) in [6.07, 6.45) is -6.05. The van der Waals surface area contributed by atoms with Gasteiger partial charge in [0.2, 0.25) is 11.8 Å². The zero-order valence-corrected chi connectivity index (χ0v) is 15.4. The number of benzene rings is 1. The van der Waals surface area contributed by atoms with Crippen LogP contribution in [0.2, 0.25) is 0 Å². The molecule has 28 heavy (non-hydrogen) atoms. The molecule has 10 heteroatoms. The summed E-state index contributed by atoms with van der Waals surface area (Å²) in [4.78, 5) is 26.7. The van der Waals surface area contributed by atoms with Gasteiger partial charge in [-0.3, -0.25) is 9.59 Å². The van der Waals surface area contributed by atoms with Crippen LogP contribution in [0.15, 0.2) is 18.2 Å². The average Bonchev–Trinajstić information content (AvgIpc) is 3.10. The lowest BCUT2D eigenvalue weighted by molar-refractivity contribution is -0.138. The molecule has 3 fully saturated rings. The van der Waals surface area contributed by atoms with E-state index in [9.17, 15) is 27.9 Å². The van der Waals surface area contributed by atoms with Gasteiger partial charge in [0.25, 0.3) is 0 Å². The highest BCUT2D eigenvalue weighted by atomic mass is 35.5. The van der Waals surface area contributed by atoms with Crippen LogP contribution in [0.25, 0.3) is 0 Å². The van der Waals surface area contributed by atoms with Crippen molar-refractivity contribution < 1.29 is 32.6 Å². The second-order valence-corrected chi connectivity index (χ2v) is 8.09. The highest BCUT2D eigenvalue weighted by molar-refractivity contribution is 6.26. The van der Waals surface area contributed by atoms with Crippen molar-refractivity contribution in [3.63, 3.8) is 0 Å². The second kappa shape index (κ2) is 5.47. The van der Waals surface area contributed by atoms with Crippen LogP contribution in [-0.2, 0) is 20.5 Å². The molecule has 0 spiro atoms. The normalized spacial score (nSPS) is 39.4. The van der Waals surface area contributed by atoms with Crippen LogP contribution in [0.1, 0.15) is 25.0 Å². The van der Waals surface area contributed by atoms with Gasteiger partial charge < -0.3 is 9.84 Å². The molecule has 2 amide bonds. The van der Waals surface area contributed by atoms with E-state index in [1.807, 2.05) is 0 Å². The maximum Gasteiger partial charge on any atom is 0.417 e. The van der Waals surface area contributed by atoms with Gasteiger partial charge >= 0.3 is 6.18 Å². The lowest BCUT2D eigenvalue weighted by atomic mass is 9.67. The maximum atomic E-state index is 13.3. The minimum absolute atomic E-state index is 0.289. The Kier molecular flexibility index (Phi) is 3.74. The van der Waals surface area contributed by atoms with Crippen LogP contribution in [0.4, 0.5) is 18.9 Å². The summed E-state index contributed by atoms with van der Waals surface area (Å²) in [7, 11) is 0. The summed E-state index contributed by atoms with van der Waals surface area (Å²) >= 11 is 6.25. The number of nitriles is 1. The van der Waals surface area contributed by atoms with Crippen LogP contribution < -0.4 is 4.90 Å². The summed E-state index contributed by atoms with van der Waals surface area (Å²) in [5.74, 6) is -3.60. The van der Waals surface area contributed by atoms with Crippen molar-refractivity contribution in [1.29, 1.82) is 5.26 Å². The molecule has 1 N–H and O–H groups in total. The van der Waals surface area contributed by atoms with E-state index in [0.717, 1.165) is 12.1 Å². The molecule has 3 aliphatic heterocycles. The molecular weight excluding hydrogens is 401 g/mol. The Morgan fingerprint density at radius 2 is 1.79 bits per heavy atom. The van der Waals surface area contributed by atoms with E-state index in [1.165, 1.54) is 19.9 Å². The van der Waals surface area contributed by atoms with Gasteiger partial charge in [0.1, 0.15) is 11.7 Å². The number of hydrogen-bond donors (Lipinski definition) is 1. The molecule has 148 valence electrons. The van der Waals surface area contributed by atoms with Crippen molar-refractivity contribution in [2.45, 2.75) is 42.7 Å². The average molecular weight is 415 g/mol. The van der Waals surface area contributed by atoms with E-state index in [-0.39, 0.29) is 5.69 Å². The SMILES string of the molecule is C[C@]12O[C@@](C)(C3C(=O)N(c4ccc(C#N)c(C(F)(F)F)c4)C(=O)[C@@H]31)[C@@H](O)[C@H]2Cl. The van der Waals surface area contributed by atoms with Gasteiger partial charge in [-0.25, -0.2) is 4.90 Å². The number of ether oxygens (including phenoxy) is 1. The van der Waals surface area contributed by atoms with Crippen molar-refractivity contribution in [3.05, 3.63) is 29.3 Å². The van der Waals surface area contributed by atoms with Crippen molar-refractivity contribution in [2.24, 2.45) is 11.8 Å². The Bertz CT molecular complexity index is 923. The Morgan fingerprint density at radius 3 is 2.32 bits per heavy atom. The second-order valence-electron chi connectivity index (χ2n) is 7.62. The van der Waals surface area contributed by atoms with Gasteiger partial charge in [-0.05, 0) is 32.0 Å². The number of alkyl halides is 4. The van der Waals surface area contributed by atoms with Crippen molar-refractivity contribution >= 4 is 29.1 Å². The van der Waals surface area contributed by atoms with Crippen LogP contribution in [-0.4, -0.2) is 39.6 Å². The fourth-order valence-corrected chi connectivity index (χ4v) is 5.19. The fourth-order valence-electron chi connectivity index (χ4n) is 4.76. The van der Waals surface area contributed by atoms with Gasteiger partial charge in [-0.2, -0.15) is 18.4 Å². The summed E-state index contributed by atoms with van der Waals surface area (Å²) < 4.78 is 45.6. The number of amides is 2. The first-order chi connectivity index (χ1) is 12.9. The van der Waals surface area contributed by atoms with E-state index in [2.05, 4.69) is 0 Å². The van der Waals surface area contributed by atoms with Crippen molar-refractivity contribution in [3.8, 4) is 6.07 Å². The zero-order chi connectivity index (χ0) is 20.8. The van der Waals surface area contributed by atoms with Crippen molar-refractivity contribution in [1.82, 2.24) is 0 Å². The Hall–Kier alpha value is -2.15. The van der Waals surface area contributed by atoms with Crippen molar-refractivity contribution in [2.75, 3.05) is 4.90 Å². The number of hydrogen-bond acceptors (Lipinski definition) is 5. The van der Waals surface area contributed by atoms with Crippen LogP contribution in [0, 0.1) is 23.2 Å². The van der Waals surface area contributed by atoms with E-state index in [1.54, 1.807) is 0 Å². The minimum atomic E-state index is -4.83. The Balaban J connectivity index is 1.82.